The number of carboxylic acid groups (broad SMARTS) is 1. The van der Waals surface area contributed by atoms with Gasteiger partial charge in [0.2, 0.25) is 0 Å². The molecule has 3 N–H and O–H groups in total. The highest BCUT2D eigenvalue weighted by molar-refractivity contribution is 5.70. The molecular formula is C25H29F4NO5. The maximum atomic E-state index is 13.3. The zero-order valence-corrected chi connectivity index (χ0v) is 19.6. The Hall–Kier alpha value is -3.14. The van der Waals surface area contributed by atoms with Crippen LogP contribution in [0.25, 0.3) is 0 Å². The highest BCUT2D eigenvalue weighted by Gasteiger charge is 2.32. The summed E-state index contributed by atoms with van der Waals surface area (Å²) in [5.41, 5.74) is -0.732. The van der Waals surface area contributed by atoms with Crippen molar-refractivity contribution >= 4 is 12.1 Å². The van der Waals surface area contributed by atoms with Crippen LogP contribution in [0.2, 0.25) is 0 Å². The molecule has 0 radical (unpaired) electrons. The number of aliphatic carboxylic acids is 1. The molecule has 3 atom stereocenters. The average Bonchev–Trinajstić information content (AvgIpc) is 2.72. The van der Waals surface area contributed by atoms with Crippen molar-refractivity contribution < 1.29 is 42.1 Å². The number of aliphatic hydroxyl groups excluding tert-OH is 1. The van der Waals surface area contributed by atoms with Gasteiger partial charge in [-0.15, -0.1) is 0 Å². The molecule has 0 aliphatic rings. The SMILES string of the molecule is CC(C)(C)OC(=O)NC(Cc1ccc(F)cc1)C(O)CC(Cc1ccc(C(F)(F)F)cc1)C(=O)O. The van der Waals surface area contributed by atoms with Crippen LogP contribution in [0.5, 0.6) is 0 Å². The fraction of sp³-hybridized carbons (Fsp3) is 0.440. The first kappa shape index (κ1) is 28.1. The molecule has 2 aromatic rings. The first-order valence-corrected chi connectivity index (χ1v) is 10.9. The summed E-state index contributed by atoms with van der Waals surface area (Å²) in [5, 5.41) is 23.1. The van der Waals surface area contributed by atoms with Crippen LogP contribution < -0.4 is 5.32 Å². The van der Waals surface area contributed by atoms with Crippen LogP contribution in [0.15, 0.2) is 48.5 Å². The third-order valence-corrected chi connectivity index (χ3v) is 5.17. The number of ether oxygens (including phenoxy) is 1. The summed E-state index contributed by atoms with van der Waals surface area (Å²) in [4.78, 5) is 24.2. The highest BCUT2D eigenvalue weighted by Crippen LogP contribution is 2.29. The molecule has 0 bridgehead atoms. The van der Waals surface area contributed by atoms with Crippen molar-refractivity contribution in [3.8, 4) is 0 Å². The van der Waals surface area contributed by atoms with E-state index in [1.165, 1.54) is 36.4 Å². The van der Waals surface area contributed by atoms with Crippen molar-refractivity contribution in [1.82, 2.24) is 5.32 Å². The van der Waals surface area contributed by atoms with Crippen LogP contribution >= 0.6 is 0 Å². The Labute approximate surface area is 200 Å². The van der Waals surface area contributed by atoms with Gasteiger partial charge >= 0.3 is 18.2 Å². The van der Waals surface area contributed by atoms with E-state index < -0.39 is 53.3 Å². The van der Waals surface area contributed by atoms with E-state index in [1.54, 1.807) is 20.8 Å². The Morgan fingerprint density at radius 1 is 0.943 bits per heavy atom. The molecule has 0 aliphatic heterocycles. The molecule has 0 fully saturated rings. The van der Waals surface area contributed by atoms with Crippen LogP contribution in [0, 0.1) is 11.7 Å². The molecule has 1 amide bonds. The topological polar surface area (TPSA) is 95.9 Å². The van der Waals surface area contributed by atoms with Crippen molar-refractivity contribution in [3.63, 3.8) is 0 Å². The number of halogens is 4. The van der Waals surface area contributed by atoms with Gasteiger partial charge in [0, 0.05) is 0 Å². The molecule has 0 spiro atoms. The highest BCUT2D eigenvalue weighted by atomic mass is 19.4. The van der Waals surface area contributed by atoms with Crippen molar-refractivity contribution in [3.05, 3.63) is 71.0 Å². The standard InChI is InChI=1S/C25H29F4NO5/c1-24(2,3)35-23(34)30-20(13-16-6-10-19(26)11-7-16)21(31)14-17(22(32)33)12-15-4-8-18(9-5-15)25(27,28)29/h4-11,17,20-21,31H,12-14H2,1-3H3,(H,30,34)(H,32,33). The van der Waals surface area contributed by atoms with Gasteiger partial charge < -0.3 is 20.3 Å². The van der Waals surface area contributed by atoms with Crippen molar-refractivity contribution in [1.29, 1.82) is 0 Å². The third-order valence-electron chi connectivity index (χ3n) is 5.17. The van der Waals surface area contributed by atoms with Gasteiger partial charge in [0.1, 0.15) is 11.4 Å². The zero-order chi connectivity index (χ0) is 26.4. The molecule has 2 rings (SSSR count). The fourth-order valence-corrected chi connectivity index (χ4v) is 3.46. The lowest BCUT2D eigenvalue weighted by Crippen LogP contribution is -2.47. The molecule has 35 heavy (non-hydrogen) atoms. The van der Waals surface area contributed by atoms with Crippen LogP contribution in [-0.4, -0.2) is 40.0 Å². The number of hydrogen-bond donors (Lipinski definition) is 3. The predicted molar refractivity (Wildman–Crippen MR) is 120 cm³/mol. The second kappa shape index (κ2) is 11.5. The Kier molecular flexibility index (Phi) is 9.25. The molecule has 3 unspecified atom stereocenters. The molecular weight excluding hydrogens is 470 g/mol. The smallest absolute Gasteiger partial charge is 0.416 e. The van der Waals surface area contributed by atoms with Gasteiger partial charge in [-0.25, -0.2) is 9.18 Å². The quantitative estimate of drug-likeness (QED) is 0.423. The number of nitrogens with one attached hydrogen (secondary N) is 1. The number of carbonyl (C=O) groups is 2. The van der Waals surface area contributed by atoms with E-state index in [1.807, 2.05) is 0 Å². The number of hydrogen-bond acceptors (Lipinski definition) is 4. The second-order valence-corrected chi connectivity index (χ2v) is 9.32. The van der Waals surface area contributed by atoms with Gasteiger partial charge in [0.15, 0.2) is 0 Å². The number of alkyl halides is 3. The Bertz CT molecular complexity index is 985. The minimum atomic E-state index is -4.51. The number of aliphatic hydroxyl groups is 1. The van der Waals surface area contributed by atoms with Crippen molar-refractivity contribution in [2.45, 2.75) is 64.0 Å². The second-order valence-electron chi connectivity index (χ2n) is 9.32. The predicted octanol–water partition coefficient (Wildman–Crippen LogP) is 4.97. The molecule has 0 saturated carbocycles. The van der Waals surface area contributed by atoms with Gasteiger partial charge in [-0.2, -0.15) is 13.2 Å². The number of benzene rings is 2. The number of carbonyl (C=O) groups excluding carboxylic acids is 1. The summed E-state index contributed by atoms with van der Waals surface area (Å²) in [6, 6.07) is 8.54. The van der Waals surface area contributed by atoms with E-state index in [0.29, 0.717) is 11.1 Å². The largest absolute Gasteiger partial charge is 0.481 e. The lowest BCUT2D eigenvalue weighted by molar-refractivity contribution is -0.143. The van der Waals surface area contributed by atoms with Crippen molar-refractivity contribution in [2.24, 2.45) is 5.92 Å². The van der Waals surface area contributed by atoms with E-state index in [-0.39, 0.29) is 19.3 Å². The normalized spacial score (nSPS) is 14.6. The maximum absolute atomic E-state index is 13.3. The molecule has 0 aliphatic carbocycles. The molecule has 2 aromatic carbocycles. The number of carboxylic acids is 1. The first-order chi connectivity index (χ1) is 16.1. The summed E-state index contributed by atoms with van der Waals surface area (Å²) in [6.45, 7) is 4.97. The van der Waals surface area contributed by atoms with Gasteiger partial charge in [-0.05, 0) is 75.4 Å². The third kappa shape index (κ3) is 9.56. The lowest BCUT2D eigenvalue weighted by Gasteiger charge is -2.28. The minimum absolute atomic E-state index is 0.0628. The number of rotatable bonds is 9. The molecule has 6 nitrogen and oxygen atoms in total. The Morgan fingerprint density at radius 2 is 1.46 bits per heavy atom. The van der Waals surface area contributed by atoms with E-state index >= 15 is 0 Å². The van der Waals surface area contributed by atoms with Gasteiger partial charge in [0.05, 0.1) is 23.6 Å². The number of amides is 1. The van der Waals surface area contributed by atoms with Gasteiger partial charge in [-0.1, -0.05) is 24.3 Å². The summed E-state index contributed by atoms with van der Waals surface area (Å²) < 4.78 is 56.9. The molecule has 0 aromatic heterocycles. The molecule has 10 heteroatoms. The van der Waals surface area contributed by atoms with Crippen LogP contribution in [0.3, 0.4) is 0 Å². The number of alkyl carbamates (subject to hydrolysis) is 1. The van der Waals surface area contributed by atoms with E-state index in [2.05, 4.69) is 5.32 Å². The van der Waals surface area contributed by atoms with Crippen molar-refractivity contribution in [2.75, 3.05) is 0 Å². The summed E-state index contributed by atoms with van der Waals surface area (Å²) in [6.07, 6.45) is -7.03. The molecule has 0 saturated heterocycles. The maximum Gasteiger partial charge on any atom is 0.416 e. The van der Waals surface area contributed by atoms with E-state index in [9.17, 15) is 37.4 Å². The minimum Gasteiger partial charge on any atom is -0.481 e. The van der Waals surface area contributed by atoms with Crippen LogP contribution in [-0.2, 0) is 28.5 Å². The lowest BCUT2D eigenvalue weighted by atomic mass is 9.89. The summed E-state index contributed by atoms with van der Waals surface area (Å²) >= 11 is 0. The zero-order valence-electron chi connectivity index (χ0n) is 19.6. The monoisotopic (exact) mass is 499 g/mol. The Morgan fingerprint density at radius 3 is 1.94 bits per heavy atom. The summed E-state index contributed by atoms with van der Waals surface area (Å²) in [7, 11) is 0. The first-order valence-electron chi connectivity index (χ1n) is 10.9. The van der Waals surface area contributed by atoms with Crippen LogP contribution in [0.1, 0.15) is 43.9 Å². The van der Waals surface area contributed by atoms with Gasteiger partial charge in [-0.3, -0.25) is 4.79 Å². The molecule has 192 valence electrons. The molecule has 0 heterocycles. The van der Waals surface area contributed by atoms with E-state index in [4.69, 9.17) is 4.74 Å². The van der Waals surface area contributed by atoms with Gasteiger partial charge in [0.25, 0.3) is 0 Å². The summed E-state index contributed by atoms with van der Waals surface area (Å²) in [5.74, 6) is -2.85. The van der Waals surface area contributed by atoms with E-state index in [0.717, 1.165) is 12.1 Å². The Balaban J connectivity index is 2.18. The fourth-order valence-electron chi connectivity index (χ4n) is 3.46. The average molecular weight is 500 g/mol. The van der Waals surface area contributed by atoms with Crippen LogP contribution in [0.4, 0.5) is 22.4 Å².